The van der Waals surface area contributed by atoms with Gasteiger partial charge in [-0.1, -0.05) is 0 Å². The van der Waals surface area contributed by atoms with Gasteiger partial charge in [0.15, 0.2) is 5.78 Å². The Kier molecular flexibility index (Phi) is 4.56. The summed E-state index contributed by atoms with van der Waals surface area (Å²) in [7, 11) is -1.76. The number of halogens is 1. The van der Waals surface area contributed by atoms with Crippen LogP contribution in [0.15, 0.2) is 11.8 Å². The van der Waals surface area contributed by atoms with E-state index in [1.54, 1.807) is 6.92 Å². The topological polar surface area (TPSA) is 26.3 Å². The van der Waals surface area contributed by atoms with Crippen LogP contribution in [-0.4, -0.2) is 19.6 Å². The summed E-state index contributed by atoms with van der Waals surface area (Å²) in [4.78, 5) is 10.7. The molecular formula is C8H15ClO2Si. The molecule has 0 spiro atoms. The van der Waals surface area contributed by atoms with Crippen LogP contribution in [-0.2, 0) is 9.22 Å². The lowest BCUT2D eigenvalue weighted by Gasteiger charge is -2.21. The van der Waals surface area contributed by atoms with E-state index in [0.29, 0.717) is 11.3 Å². The lowest BCUT2D eigenvalue weighted by molar-refractivity contribution is -0.112. The first-order valence-corrected chi connectivity index (χ1v) is 7.46. The zero-order valence-corrected chi connectivity index (χ0v) is 9.73. The molecule has 0 radical (unpaired) electrons. The number of hydrogen-bond acceptors (Lipinski definition) is 2. The highest BCUT2D eigenvalue weighted by Crippen LogP contribution is 2.11. The third-order valence-corrected chi connectivity index (χ3v) is 4.61. The highest BCUT2D eigenvalue weighted by atomic mass is 35.5. The van der Waals surface area contributed by atoms with Gasteiger partial charge in [-0.15, -0.1) is 11.6 Å². The van der Waals surface area contributed by atoms with Gasteiger partial charge in [-0.25, -0.2) is 0 Å². The lowest BCUT2D eigenvalue weighted by atomic mass is 10.4. The van der Waals surface area contributed by atoms with Crippen molar-refractivity contribution in [2.24, 2.45) is 0 Å². The fourth-order valence-corrected chi connectivity index (χ4v) is 1.93. The Balaban J connectivity index is 4.17. The molecule has 0 aromatic carbocycles. The van der Waals surface area contributed by atoms with E-state index in [0.717, 1.165) is 0 Å². The van der Waals surface area contributed by atoms with E-state index in [-0.39, 0.29) is 5.78 Å². The second-order valence-electron chi connectivity index (χ2n) is 3.36. The third-order valence-electron chi connectivity index (χ3n) is 1.17. The van der Waals surface area contributed by atoms with Crippen LogP contribution in [0.2, 0.25) is 13.1 Å². The first kappa shape index (κ1) is 11.7. The van der Waals surface area contributed by atoms with Crippen LogP contribution >= 0.6 is 11.6 Å². The van der Waals surface area contributed by atoms with Crippen molar-refractivity contribution in [2.75, 3.05) is 5.50 Å². The molecule has 0 rings (SSSR count). The maximum Gasteiger partial charge on any atom is 0.259 e. The molecule has 0 aliphatic rings. The summed E-state index contributed by atoms with van der Waals surface area (Å²) in [5.41, 5.74) is 0.538. The van der Waals surface area contributed by atoms with Crippen LogP contribution < -0.4 is 0 Å². The van der Waals surface area contributed by atoms with E-state index < -0.39 is 8.32 Å². The highest BCUT2D eigenvalue weighted by molar-refractivity contribution is 6.77. The molecule has 0 aromatic rings. The molecule has 2 nitrogen and oxygen atoms in total. The van der Waals surface area contributed by atoms with Crippen molar-refractivity contribution in [1.29, 1.82) is 0 Å². The van der Waals surface area contributed by atoms with E-state index >= 15 is 0 Å². The maximum atomic E-state index is 10.7. The van der Waals surface area contributed by atoms with Crippen LogP contribution in [0.4, 0.5) is 0 Å². The molecule has 0 amide bonds. The molecule has 0 fully saturated rings. The molecule has 0 aliphatic carbocycles. The van der Waals surface area contributed by atoms with Gasteiger partial charge in [0.2, 0.25) is 0 Å². The van der Waals surface area contributed by atoms with Gasteiger partial charge < -0.3 is 4.43 Å². The summed E-state index contributed by atoms with van der Waals surface area (Å²) in [6, 6.07) is 0. The second kappa shape index (κ2) is 4.67. The Labute approximate surface area is 79.7 Å². The quantitative estimate of drug-likeness (QED) is 0.306. The van der Waals surface area contributed by atoms with E-state index in [2.05, 4.69) is 0 Å². The Morgan fingerprint density at radius 3 is 2.33 bits per heavy atom. The van der Waals surface area contributed by atoms with Crippen LogP contribution in [0, 0.1) is 0 Å². The average Bonchev–Trinajstić information content (AvgIpc) is 1.84. The van der Waals surface area contributed by atoms with Crippen molar-refractivity contribution in [3.63, 3.8) is 0 Å². The van der Waals surface area contributed by atoms with Gasteiger partial charge in [0.1, 0.15) is 0 Å². The summed E-state index contributed by atoms with van der Waals surface area (Å²) in [6.45, 7) is 7.31. The Morgan fingerprint density at radius 1 is 1.50 bits per heavy atom. The highest BCUT2D eigenvalue weighted by Gasteiger charge is 2.22. The largest absolute Gasteiger partial charge is 0.546 e. The Hall–Kier alpha value is -0.283. The minimum Gasteiger partial charge on any atom is -0.546 e. The van der Waals surface area contributed by atoms with Gasteiger partial charge in [-0.05, 0) is 26.9 Å². The van der Waals surface area contributed by atoms with Crippen LogP contribution in [0.25, 0.3) is 0 Å². The van der Waals surface area contributed by atoms with E-state index in [9.17, 15) is 4.79 Å². The SMILES string of the molecule is CC(=O)/C=C(/C)O[Si](C)(C)CCl. The summed E-state index contributed by atoms with van der Waals surface area (Å²) < 4.78 is 5.54. The van der Waals surface area contributed by atoms with E-state index in [4.69, 9.17) is 16.0 Å². The summed E-state index contributed by atoms with van der Waals surface area (Å²) in [6.07, 6.45) is 1.49. The van der Waals surface area contributed by atoms with Crippen molar-refractivity contribution in [2.45, 2.75) is 26.9 Å². The first-order chi connectivity index (χ1) is 5.37. The normalized spacial score (nSPS) is 12.9. The lowest BCUT2D eigenvalue weighted by Crippen LogP contribution is -2.32. The number of allylic oxidation sites excluding steroid dienone is 2. The van der Waals surface area contributed by atoms with E-state index in [1.165, 1.54) is 13.0 Å². The van der Waals surface area contributed by atoms with Crippen molar-refractivity contribution in [3.05, 3.63) is 11.8 Å². The third kappa shape index (κ3) is 5.38. The monoisotopic (exact) mass is 206 g/mol. The second-order valence-corrected chi connectivity index (χ2v) is 8.15. The molecule has 12 heavy (non-hydrogen) atoms. The van der Waals surface area contributed by atoms with Crippen molar-refractivity contribution in [3.8, 4) is 0 Å². The molecule has 0 N–H and O–H groups in total. The molecule has 0 aromatic heterocycles. The van der Waals surface area contributed by atoms with Gasteiger partial charge >= 0.3 is 0 Å². The summed E-state index contributed by atoms with van der Waals surface area (Å²) in [5, 5.41) is 0. The summed E-state index contributed by atoms with van der Waals surface area (Å²) >= 11 is 5.70. The molecule has 4 heteroatoms. The first-order valence-electron chi connectivity index (χ1n) is 3.81. The molecule has 70 valence electrons. The minimum atomic E-state index is -1.76. The molecular weight excluding hydrogens is 192 g/mol. The predicted molar refractivity (Wildman–Crippen MR) is 53.7 cm³/mol. The zero-order chi connectivity index (χ0) is 9.78. The van der Waals surface area contributed by atoms with Gasteiger partial charge in [0.25, 0.3) is 8.32 Å². The fraction of sp³-hybridized carbons (Fsp3) is 0.625. The number of alkyl halides is 1. The van der Waals surface area contributed by atoms with Gasteiger partial charge in [0, 0.05) is 6.08 Å². The Bertz CT molecular complexity index is 199. The number of hydrogen-bond donors (Lipinski definition) is 0. The summed E-state index contributed by atoms with van der Waals surface area (Å²) in [5.74, 6) is 0.673. The number of rotatable bonds is 4. The molecule has 0 unspecified atom stereocenters. The zero-order valence-electron chi connectivity index (χ0n) is 7.98. The smallest absolute Gasteiger partial charge is 0.259 e. The average molecular weight is 207 g/mol. The fourth-order valence-electron chi connectivity index (χ4n) is 0.779. The van der Waals surface area contributed by atoms with Crippen molar-refractivity contribution >= 4 is 25.7 Å². The predicted octanol–water partition coefficient (Wildman–Crippen LogP) is 2.48. The van der Waals surface area contributed by atoms with Gasteiger partial charge in [-0.2, -0.15) is 0 Å². The standard InChI is InChI=1S/C8H15ClO2Si/c1-7(10)5-8(2)11-12(3,4)6-9/h5H,6H2,1-4H3/b8-5-. The number of carbonyl (C=O) groups excluding carboxylic acids is 1. The van der Waals surface area contributed by atoms with Gasteiger partial charge in [0.05, 0.1) is 11.3 Å². The molecule has 0 saturated heterocycles. The number of carbonyl (C=O) groups is 1. The molecule has 0 aliphatic heterocycles. The molecule has 0 bridgehead atoms. The van der Waals surface area contributed by atoms with Gasteiger partial charge in [-0.3, -0.25) is 4.79 Å². The molecule has 0 heterocycles. The van der Waals surface area contributed by atoms with Crippen LogP contribution in [0.5, 0.6) is 0 Å². The van der Waals surface area contributed by atoms with E-state index in [1.807, 2.05) is 13.1 Å². The number of ketones is 1. The molecule has 0 saturated carbocycles. The van der Waals surface area contributed by atoms with Crippen molar-refractivity contribution in [1.82, 2.24) is 0 Å². The Morgan fingerprint density at radius 2 is 2.00 bits per heavy atom. The van der Waals surface area contributed by atoms with Crippen molar-refractivity contribution < 1.29 is 9.22 Å². The minimum absolute atomic E-state index is 0.00636. The molecule has 0 atom stereocenters. The maximum absolute atomic E-state index is 10.7. The van der Waals surface area contributed by atoms with Crippen LogP contribution in [0.1, 0.15) is 13.8 Å². The van der Waals surface area contributed by atoms with Crippen LogP contribution in [0.3, 0.4) is 0 Å².